The first-order chi connectivity index (χ1) is 10.6. The smallest absolute Gasteiger partial charge is 0.416 e. The van der Waals surface area contributed by atoms with Gasteiger partial charge in [-0.05, 0) is 38.1 Å². The van der Waals surface area contributed by atoms with Crippen LogP contribution >= 0.6 is 0 Å². The van der Waals surface area contributed by atoms with Gasteiger partial charge in [-0.1, -0.05) is 12.6 Å². The van der Waals surface area contributed by atoms with Gasteiger partial charge in [0.25, 0.3) is 0 Å². The lowest BCUT2D eigenvalue weighted by Crippen LogP contribution is -2.55. The van der Waals surface area contributed by atoms with Crippen molar-refractivity contribution < 1.29 is 22.7 Å². The van der Waals surface area contributed by atoms with Gasteiger partial charge in [0.05, 0.1) is 5.56 Å². The van der Waals surface area contributed by atoms with Crippen LogP contribution < -0.4 is 15.8 Å². The Hall–Kier alpha value is -2.02. The summed E-state index contributed by atoms with van der Waals surface area (Å²) in [6, 6.07) is 4.40. The van der Waals surface area contributed by atoms with Crippen molar-refractivity contribution in [3.8, 4) is 5.75 Å². The van der Waals surface area contributed by atoms with Gasteiger partial charge < -0.3 is 15.8 Å². The first-order valence-corrected chi connectivity index (χ1v) is 7.12. The van der Waals surface area contributed by atoms with Crippen LogP contribution in [0, 0.1) is 0 Å². The molecule has 0 aromatic heterocycles. The molecule has 1 unspecified atom stereocenters. The lowest BCUT2D eigenvalue weighted by molar-refractivity contribution is -0.138. The highest BCUT2D eigenvalue weighted by molar-refractivity contribution is 5.85. The van der Waals surface area contributed by atoms with Gasteiger partial charge in [-0.3, -0.25) is 4.79 Å². The molecule has 23 heavy (non-hydrogen) atoms. The molecule has 0 aliphatic carbocycles. The van der Waals surface area contributed by atoms with Crippen molar-refractivity contribution in [1.29, 1.82) is 0 Å². The van der Waals surface area contributed by atoms with Gasteiger partial charge in [0, 0.05) is 19.0 Å². The Morgan fingerprint density at radius 3 is 2.48 bits per heavy atom. The minimum atomic E-state index is -4.49. The van der Waals surface area contributed by atoms with E-state index in [-0.39, 0.29) is 18.0 Å². The molecule has 1 aromatic carbocycles. The molecule has 0 saturated carbocycles. The van der Waals surface area contributed by atoms with Gasteiger partial charge in [0.1, 0.15) is 5.75 Å². The molecule has 0 aliphatic rings. The molecule has 0 radical (unpaired) electrons. The molecule has 0 spiro atoms. The van der Waals surface area contributed by atoms with Crippen LogP contribution in [0.3, 0.4) is 0 Å². The van der Waals surface area contributed by atoms with Crippen LogP contribution in [0.15, 0.2) is 36.5 Å². The normalized spacial score (nSPS) is 14.0. The van der Waals surface area contributed by atoms with Crippen LogP contribution in [0.2, 0.25) is 0 Å². The zero-order valence-electron chi connectivity index (χ0n) is 13.2. The second-order valence-electron chi connectivity index (χ2n) is 5.31. The average Bonchev–Trinajstić information content (AvgIpc) is 2.43. The number of allylic oxidation sites excluding steroid dienone is 1. The molecule has 0 heterocycles. The number of nitrogens with one attached hydrogen (secondary N) is 1. The number of hydrogen-bond acceptors (Lipinski definition) is 4. The SMILES string of the molecule is C=C(C)NC(CCCN)(Oc1cccc(C(F)(F)F)c1)C(C)=O. The van der Waals surface area contributed by atoms with Gasteiger partial charge in [0.2, 0.25) is 5.72 Å². The summed E-state index contributed by atoms with van der Waals surface area (Å²) in [5, 5.41) is 2.83. The Labute approximate surface area is 133 Å². The highest BCUT2D eigenvalue weighted by Gasteiger charge is 2.38. The lowest BCUT2D eigenvalue weighted by atomic mass is 10.0. The Kier molecular flexibility index (Phi) is 6.20. The maximum atomic E-state index is 12.8. The summed E-state index contributed by atoms with van der Waals surface area (Å²) in [6.07, 6.45) is -3.82. The van der Waals surface area contributed by atoms with Gasteiger partial charge in [-0.15, -0.1) is 0 Å². The fraction of sp³-hybridized carbons (Fsp3) is 0.438. The quantitative estimate of drug-likeness (QED) is 0.718. The maximum absolute atomic E-state index is 12.8. The molecule has 7 heteroatoms. The third kappa shape index (κ3) is 5.28. The van der Waals surface area contributed by atoms with E-state index in [1.165, 1.54) is 19.1 Å². The fourth-order valence-corrected chi connectivity index (χ4v) is 2.11. The van der Waals surface area contributed by atoms with Gasteiger partial charge in [0.15, 0.2) is 5.78 Å². The summed E-state index contributed by atoms with van der Waals surface area (Å²) in [5.74, 6) is -0.424. The number of carbonyl (C=O) groups is 1. The second-order valence-corrected chi connectivity index (χ2v) is 5.31. The van der Waals surface area contributed by atoms with E-state index in [0.29, 0.717) is 18.7 Å². The van der Waals surface area contributed by atoms with Gasteiger partial charge in [-0.25, -0.2) is 0 Å². The van der Waals surface area contributed by atoms with Gasteiger partial charge >= 0.3 is 6.18 Å². The minimum absolute atomic E-state index is 0.0548. The highest BCUT2D eigenvalue weighted by atomic mass is 19.4. The van der Waals surface area contributed by atoms with E-state index >= 15 is 0 Å². The lowest BCUT2D eigenvalue weighted by Gasteiger charge is -2.34. The number of hydrogen-bond donors (Lipinski definition) is 2. The first-order valence-electron chi connectivity index (χ1n) is 7.12. The van der Waals surface area contributed by atoms with Crippen molar-refractivity contribution in [2.45, 2.75) is 38.6 Å². The van der Waals surface area contributed by atoms with E-state index in [1.807, 2.05) is 0 Å². The summed E-state index contributed by atoms with van der Waals surface area (Å²) >= 11 is 0. The zero-order valence-corrected chi connectivity index (χ0v) is 13.2. The number of Topliss-reactive ketones (excluding diaryl/α,β-unsaturated/α-hetero) is 1. The number of ether oxygens (including phenoxy) is 1. The minimum Gasteiger partial charge on any atom is -0.461 e. The fourth-order valence-electron chi connectivity index (χ4n) is 2.11. The number of rotatable bonds is 8. The van der Waals surface area contributed by atoms with Crippen LogP contribution in [0.1, 0.15) is 32.3 Å². The van der Waals surface area contributed by atoms with Crippen molar-refractivity contribution in [3.63, 3.8) is 0 Å². The first kappa shape index (κ1) is 19.0. The highest BCUT2D eigenvalue weighted by Crippen LogP contribution is 2.32. The molecule has 3 N–H and O–H groups in total. The van der Waals surface area contributed by atoms with E-state index in [9.17, 15) is 18.0 Å². The largest absolute Gasteiger partial charge is 0.461 e. The summed E-state index contributed by atoms with van der Waals surface area (Å²) in [7, 11) is 0. The molecule has 4 nitrogen and oxygen atoms in total. The van der Waals surface area contributed by atoms with E-state index in [4.69, 9.17) is 10.5 Å². The number of ketones is 1. The van der Waals surface area contributed by atoms with Crippen LogP contribution in [-0.4, -0.2) is 18.1 Å². The number of carbonyl (C=O) groups excluding carboxylic acids is 1. The number of alkyl halides is 3. The zero-order chi connectivity index (χ0) is 17.7. The molecule has 0 fully saturated rings. The summed E-state index contributed by atoms with van der Waals surface area (Å²) < 4.78 is 44.0. The van der Waals surface area contributed by atoms with Crippen molar-refractivity contribution in [3.05, 3.63) is 42.1 Å². The average molecular weight is 330 g/mol. The molecule has 1 rings (SSSR count). The Morgan fingerprint density at radius 1 is 1.35 bits per heavy atom. The van der Waals surface area contributed by atoms with Crippen molar-refractivity contribution in [2.24, 2.45) is 5.73 Å². The Bertz CT molecular complexity index is 573. The van der Waals surface area contributed by atoms with Gasteiger partial charge in [-0.2, -0.15) is 13.2 Å². The Morgan fingerprint density at radius 2 is 2.00 bits per heavy atom. The summed E-state index contributed by atoms with van der Waals surface area (Å²) in [6.45, 7) is 6.93. The predicted octanol–water partition coefficient (Wildman–Crippen LogP) is 3.23. The summed E-state index contributed by atoms with van der Waals surface area (Å²) in [4.78, 5) is 12.1. The molecule has 0 aliphatic heterocycles. The van der Waals surface area contributed by atoms with Crippen LogP contribution in [0.5, 0.6) is 5.75 Å². The topological polar surface area (TPSA) is 64.3 Å². The maximum Gasteiger partial charge on any atom is 0.416 e. The molecule has 1 atom stereocenters. The number of halogens is 3. The summed E-state index contributed by atoms with van der Waals surface area (Å²) in [5.41, 5.74) is 3.60. The third-order valence-corrected chi connectivity index (χ3v) is 3.17. The van der Waals surface area contributed by atoms with Crippen LogP contribution in [0.25, 0.3) is 0 Å². The van der Waals surface area contributed by atoms with Crippen LogP contribution in [0.4, 0.5) is 13.2 Å². The van der Waals surface area contributed by atoms with Crippen molar-refractivity contribution in [2.75, 3.05) is 6.54 Å². The van der Waals surface area contributed by atoms with E-state index in [0.717, 1.165) is 12.1 Å². The molecular weight excluding hydrogens is 309 g/mol. The standard InChI is InChI=1S/C16H21F3N2O2/c1-11(2)21-15(12(3)22,8-5-9-20)23-14-7-4-6-13(10-14)16(17,18)19/h4,6-7,10,21H,1,5,8-9,20H2,2-3H3. The Balaban J connectivity index is 3.18. The molecule has 128 valence electrons. The van der Waals surface area contributed by atoms with E-state index in [1.54, 1.807) is 6.92 Å². The third-order valence-electron chi connectivity index (χ3n) is 3.17. The van der Waals surface area contributed by atoms with E-state index < -0.39 is 17.5 Å². The monoisotopic (exact) mass is 330 g/mol. The molecule has 0 amide bonds. The molecule has 1 aromatic rings. The second kappa shape index (κ2) is 7.50. The molecule has 0 bridgehead atoms. The predicted molar refractivity (Wildman–Crippen MR) is 81.7 cm³/mol. The van der Waals surface area contributed by atoms with Crippen molar-refractivity contribution in [1.82, 2.24) is 5.32 Å². The molecule has 0 saturated heterocycles. The van der Waals surface area contributed by atoms with Crippen molar-refractivity contribution >= 4 is 5.78 Å². The van der Waals surface area contributed by atoms with Crippen LogP contribution in [-0.2, 0) is 11.0 Å². The molecular formula is C16H21F3N2O2. The van der Waals surface area contributed by atoms with E-state index in [2.05, 4.69) is 11.9 Å². The number of nitrogens with two attached hydrogens (primary N) is 1. The number of benzene rings is 1.